The zero-order valence-electron chi connectivity index (χ0n) is 11.5. The Labute approximate surface area is 106 Å². The van der Waals surface area contributed by atoms with Crippen molar-refractivity contribution in [2.24, 2.45) is 5.92 Å². The van der Waals surface area contributed by atoms with Crippen LogP contribution in [-0.2, 0) is 0 Å². The van der Waals surface area contributed by atoms with Crippen LogP contribution in [0.4, 0.5) is 0 Å². The van der Waals surface area contributed by atoms with E-state index in [1.54, 1.807) is 0 Å². The van der Waals surface area contributed by atoms with Crippen LogP contribution < -0.4 is 10.6 Å². The van der Waals surface area contributed by atoms with E-state index < -0.39 is 0 Å². The molecule has 0 aromatic carbocycles. The second-order valence-corrected chi connectivity index (χ2v) is 5.04. The predicted octanol–water partition coefficient (Wildman–Crippen LogP) is 3.70. The summed E-state index contributed by atoms with van der Waals surface area (Å²) in [6, 6.07) is 0. The quantitative estimate of drug-likeness (QED) is 0.775. The predicted molar refractivity (Wildman–Crippen MR) is 75.4 cm³/mol. The van der Waals surface area contributed by atoms with Crippen molar-refractivity contribution in [3.8, 4) is 0 Å². The van der Waals surface area contributed by atoms with Crippen molar-refractivity contribution in [2.45, 2.75) is 46.0 Å². The fourth-order valence-corrected chi connectivity index (χ4v) is 2.19. The van der Waals surface area contributed by atoms with E-state index in [0.29, 0.717) is 0 Å². The average molecular weight is 234 g/mol. The average Bonchev–Trinajstić information content (AvgIpc) is 2.25. The topological polar surface area (TPSA) is 24.1 Å². The van der Waals surface area contributed by atoms with Crippen LogP contribution in [0.3, 0.4) is 0 Å². The molecule has 17 heavy (non-hydrogen) atoms. The van der Waals surface area contributed by atoms with Gasteiger partial charge in [-0.1, -0.05) is 26.0 Å². The molecular formula is C15H26N2. The molecule has 0 aromatic rings. The van der Waals surface area contributed by atoms with Crippen LogP contribution in [0.5, 0.6) is 0 Å². The molecule has 0 radical (unpaired) electrons. The maximum atomic E-state index is 3.85. The summed E-state index contributed by atoms with van der Waals surface area (Å²) in [7, 11) is 1.98. The molecule has 2 nitrogen and oxygen atoms in total. The first-order valence-corrected chi connectivity index (χ1v) is 6.63. The first-order valence-electron chi connectivity index (χ1n) is 6.63. The maximum absolute atomic E-state index is 3.85. The Hall–Kier alpha value is -1.18. The van der Waals surface area contributed by atoms with Crippen molar-refractivity contribution < 1.29 is 0 Å². The summed E-state index contributed by atoms with van der Waals surface area (Å²) in [5, 5.41) is 6.45. The molecule has 96 valence electrons. The Balaban J connectivity index is 2.69. The molecule has 2 N–H and O–H groups in total. The zero-order chi connectivity index (χ0) is 12.7. The van der Waals surface area contributed by atoms with Gasteiger partial charge in [0.2, 0.25) is 0 Å². The third kappa shape index (κ3) is 5.12. The minimum Gasteiger partial charge on any atom is -0.387 e. The van der Waals surface area contributed by atoms with Crippen molar-refractivity contribution in [3.63, 3.8) is 0 Å². The first-order chi connectivity index (χ1) is 8.13. The smallest absolute Gasteiger partial charge is 0.0529 e. The van der Waals surface area contributed by atoms with Gasteiger partial charge in [0, 0.05) is 18.9 Å². The van der Waals surface area contributed by atoms with Crippen molar-refractivity contribution in [1.82, 2.24) is 10.6 Å². The lowest BCUT2D eigenvalue weighted by Gasteiger charge is -2.18. The molecule has 1 aliphatic rings. The van der Waals surface area contributed by atoms with E-state index >= 15 is 0 Å². The second kappa shape index (κ2) is 7.21. The van der Waals surface area contributed by atoms with E-state index in [9.17, 15) is 0 Å². The van der Waals surface area contributed by atoms with E-state index in [-0.39, 0.29) is 0 Å². The molecule has 0 aromatic heterocycles. The Morgan fingerprint density at radius 2 is 2.24 bits per heavy atom. The highest BCUT2D eigenvalue weighted by molar-refractivity contribution is 5.29. The van der Waals surface area contributed by atoms with E-state index in [1.807, 2.05) is 20.2 Å². The molecule has 1 unspecified atom stereocenters. The fourth-order valence-electron chi connectivity index (χ4n) is 2.19. The van der Waals surface area contributed by atoms with Gasteiger partial charge < -0.3 is 10.6 Å². The first kappa shape index (κ1) is 13.9. The summed E-state index contributed by atoms with van der Waals surface area (Å²) in [6.45, 7) is 8.17. The molecule has 0 bridgehead atoms. The van der Waals surface area contributed by atoms with Gasteiger partial charge in [-0.05, 0) is 44.1 Å². The van der Waals surface area contributed by atoms with E-state index in [0.717, 1.165) is 11.6 Å². The molecule has 0 aliphatic heterocycles. The monoisotopic (exact) mass is 234 g/mol. The molecule has 1 aliphatic carbocycles. The molecule has 1 rings (SSSR count). The number of rotatable bonds is 4. The van der Waals surface area contributed by atoms with Crippen molar-refractivity contribution >= 4 is 0 Å². The van der Waals surface area contributed by atoms with Crippen LogP contribution >= 0.6 is 0 Å². The van der Waals surface area contributed by atoms with Gasteiger partial charge in [0.15, 0.2) is 0 Å². The third-order valence-corrected chi connectivity index (χ3v) is 3.27. The van der Waals surface area contributed by atoms with Crippen molar-refractivity contribution in [3.05, 3.63) is 35.8 Å². The minimum absolute atomic E-state index is 0.878. The number of hydrogen-bond donors (Lipinski definition) is 2. The maximum Gasteiger partial charge on any atom is 0.0529 e. The minimum atomic E-state index is 0.878. The van der Waals surface area contributed by atoms with Gasteiger partial charge in [-0.2, -0.15) is 0 Å². The summed E-state index contributed by atoms with van der Waals surface area (Å²) >= 11 is 0. The van der Waals surface area contributed by atoms with E-state index in [4.69, 9.17) is 0 Å². The van der Waals surface area contributed by atoms with Gasteiger partial charge in [0.1, 0.15) is 0 Å². The van der Waals surface area contributed by atoms with Crippen LogP contribution in [0.2, 0.25) is 0 Å². The van der Waals surface area contributed by atoms with Crippen LogP contribution in [0.25, 0.3) is 0 Å². The van der Waals surface area contributed by atoms with Crippen LogP contribution in [0.15, 0.2) is 35.8 Å². The van der Waals surface area contributed by atoms with Crippen molar-refractivity contribution in [1.29, 1.82) is 0 Å². The Morgan fingerprint density at radius 3 is 2.88 bits per heavy atom. The molecule has 0 heterocycles. The lowest BCUT2D eigenvalue weighted by molar-refractivity contribution is 0.469. The Kier molecular flexibility index (Phi) is 5.88. The number of likely N-dealkylation sites (N-methyl/N-ethyl adjacent to an activating group) is 1. The largest absolute Gasteiger partial charge is 0.387 e. The third-order valence-electron chi connectivity index (χ3n) is 3.27. The Morgan fingerprint density at radius 1 is 1.47 bits per heavy atom. The van der Waals surface area contributed by atoms with Gasteiger partial charge in [-0.15, -0.1) is 0 Å². The highest BCUT2D eigenvalue weighted by Gasteiger charge is 2.09. The molecule has 1 atom stereocenters. The summed E-state index contributed by atoms with van der Waals surface area (Å²) < 4.78 is 0. The summed E-state index contributed by atoms with van der Waals surface area (Å²) in [6.07, 6.45) is 10.7. The lowest BCUT2D eigenvalue weighted by Crippen LogP contribution is -2.14. The van der Waals surface area contributed by atoms with Gasteiger partial charge >= 0.3 is 0 Å². The van der Waals surface area contributed by atoms with Gasteiger partial charge in [-0.3, -0.25) is 0 Å². The van der Waals surface area contributed by atoms with Crippen LogP contribution in [0.1, 0.15) is 46.0 Å². The highest BCUT2D eigenvalue weighted by atomic mass is 14.9. The van der Waals surface area contributed by atoms with E-state index in [2.05, 4.69) is 30.2 Å². The molecule has 0 spiro atoms. The normalized spacial score (nSPS) is 25.2. The van der Waals surface area contributed by atoms with Gasteiger partial charge in [-0.25, -0.2) is 0 Å². The molecular weight excluding hydrogens is 208 g/mol. The lowest BCUT2D eigenvalue weighted by atomic mass is 9.92. The summed E-state index contributed by atoms with van der Waals surface area (Å²) in [5.74, 6) is 0.878. The van der Waals surface area contributed by atoms with Gasteiger partial charge in [0.05, 0.1) is 5.70 Å². The highest BCUT2D eigenvalue weighted by Crippen LogP contribution is 2.24. The molecule has 2 heteroatoms. The number of nitrogens with one attached hydrogen (secondary N) is 2. The molecule has 0 amide bonds. The molecule has 0 saturated carbocycles. The van der Waals surface area contributed by atoms with Crippen molar-refractivity contribution in [2.75, 3.05) is 7.05 Å². The fraction of sp³-hybridized carbons (Fsp3) is 0.600. The SMILES string of the molecule is C=C(C)N/C=C(NC)/C1=C/CCC(C)CCC1. The van der Waals surface area contributed by atoms with E-state index in [1.165, 1.54) is 43.4 Å². The van der Waals surface area contributed by atoms with Crippen LogP contribution in [0, 0.1) is 5.92 Å². The van der Waals surface area contributed by atoms with Crippen LogP contribution in [-0.4, -0.2) is 7.05 Å². The summed E-state index contributed by atoms with van der Waals surface area (Å²) in [5.41, 5.74) is 3.61. The number of hydrogen-bond acceptors (Lipinski definition) is 2. The standard InChI is InChI=1S/C15H26N2/c1-12(2)17-11-15(16-4)14-9-5-7-13(3)8-6-10-14/h9,11,13,16-17H,1,5-8,10H2,2-4H3/b14-9+,15-11-. The summed E-state index contributed by atoms with van der Waals surface area (Å²) in [4.78, 5) is 0. The molecule has 0 saturated heterocycles. The van der Waals surface area contributed by atoms with Gasteiger partial charge in [0.25, 0.3) is 0 Å². The molecule has 0 fully saturated rings. The second-order valence-electron chi connectivity index (χ2n) is 5.04. The number of allylic oxidation sites excluding steroid dienone is 3. The Bertz CT molecular complexity index is 313. The zero-order valence-corrected chi connectivity index (χ0v) is 11.5.